The summed E-state index contributed by atoms with van der Waals surface area (Å²) >= 11 is 0. The van der Waals surface area contributed by atoms with Crippen LogP contribution in [-0.4, -0.2) is 35.3 Å². The summed E-state index contributed by atoms with van der Waals surface area (Å²) in [6.45, 7) is 5.05. The second-order valence-corrected chi connectivity index (χ2v) is 9.17. The molecule has 0 heterocycles. The van der Waals surface area contributed by atoms with Crippen LogP contribution in [-0.2, 0) is 24.2 Å². The zero-order chi connectivity index (χ0) is 24.6. The van der Waals surface area contributed by atoms with E-state index in [1.54, 1.807) is 31.4 Å². The fraction of sp³-hybridized carbons (Fsp3) is 0.321. The summed E-state index contributed by atoms with van der Waals surface area (Å²) in [7, 11) is 1.63. The Morgan fingerprint density at radius 2 is 1.65 bits per heavy atom. The lowest BCUT2D eigenvalue weighted by molar-refractivity contribution is -0.120. The Balaban J connectivity index is 1.50. The zero-order valence-electron chi connectivity index (χ0n) is 20.0. The van der Waals surface area contributed by atoms with E-state index in [4.69, 9.17) is 4.74 Å². The van der Waals surface area contributed by atoms with Crippen molar-refractivity contribution in [2.75, 3.05) is 13.7 Å². The number of carbonyl (C=O) groups is 1. The maximum atomic E-state index is 12.4. The number of ether oxygens (including phenoxy) is 1. The molecule has 0 aromatic heterocycles. The van der Waals surface area contributed by atoms with Crippen molar-refractivity contribution in [3.63, 3.8) is 0 Å². The lowest BCUT2D eigenvalue weighted by Gasteiger charge is -2.28. The predicted molar refractivity (Wildman–Crippen MR) is 134 cm³/mol. The van der Waals surface area contributed by atoms with Gasteiger partial charge in [0.1, 0.15) is 11.5 Å². The molecule has 0 saturated carbocycles. The maximum Gasteiger partial charge on any atom is 0.224 e. The van der Waals surface area contributed by atoms with Gasteiger partial charge in [0.25, 0.3) is 0 Å². The second kappa shape index (κ2) is 11.7. The lowest BCUT2D eigenvalue weighted by atomic mass is 9.93. The number of hydrogen-bond acceptors (Lipinski definition) is 5. The third-order valence-corrected chi connectivity index (χ3v) is 5.70. The maximum absolute atomic E-state index is 12.4. The molecule has 0 bridgehead atoms. The van der Waals surface area contributed by atoms with Gasteiger partial charge >= 0.3 is 0 Å². The van der Waals surface area contributed by atoms with Gasteiger partial charge in [-0.3, -0.25) is 4.79 Å². The van der Waals surface area contributed by atoms with Crippen molar-refractivity contribution in [3.8, 4) is 11.5 Å². The van der Waals surface area contributed by atoms with Crippen molar-refractivity contribution in [3.05, 3.63) is 95.1 Å². The molecule has 0 fully saturated rings. The SMILES string of the molecule is COc1ccc(CNC(=O)Cc2cccc(CC(C)(C)NCC(O)c3ccc(O)cc3)c2)cc1. The molecular weight excluding hydrogens is 428 g/mol. The number of hydrogen-bond donors (Lipinski definition) is 4. The fourth-order valence-corrected chi connectivity index (χ4v) is 3.80. The summed E-state index contributed by atoms with van der Waals surface area (Å²) in [5.74, 6) is 0.945. The summed E-state index contributed by atoms with van der Waals surface area (Å²) in [4.78, 5) is 12.4. The highest BCUT2D eigenvalue weighted by atomic mass is 16.5. The normalized spacial score (nSPS) is 12.2. The molecule has 6 nitrogen and oxygen atoms in total. The monoisotopic (exact) mass is 462 g/mol. The van der Waals surface area contributed by atoms with Crippen LogP contribution < -0.4 is 15.4 Å². The van der Waals surface area contributed by atoms with Gasteiger partial charge in [-0.1, -0.05) is 48.5 Å². The van der Waals surface area contributed by atoms with Crippen molar-refractivity contribution in [2.45, 2.75) is 44.9 Å². The van der Waals surface area contributed by atoms with Crippen LogP contribution in [0.2, 0.25) is 0 Å². The van der Waals surface area contributed by atoms with E-state index in [0.29, 0.717) is 19.5 Å². The van der Waals surface area contributed by atoms with Crippen molar-refractivity contribution >= 4 is 5.91 Å². The number of phenolic OH excluding ortho intramolecular Hbond substituents is 1. The predicted octanol–water partition coefficient (Wildman–Crippen LogP) is 3.90. The molecule has 0 radical (unpaired) electrons. The highest BCUT2D eigenvalue weighted by Crippen LogP contribution is 2.19. The van der Waals surface area contributed by atoms with Gasteiger partial charge in [-0.2, -0.15) is 0 Å². The molecule has 3 aromatic rings. The second-order valence-electron chi connectivity index (χ2n) is 9.17. The van der Waals surface area contributed by atoms with Crippen LogP contribution in [0.5, 0.6) is 11.5 Å². The number of carbonyl (C=O) groups excluding carboxylic acids is 1. The van der Waals surface area contributed by atoms with E-state index < -0.39 is 6.10 Å². The lowest BCUT2D eigenvalue weighted by Crippen LogP contribution is -2.43. The van der Waals surface area contributed by atoms with Gasteiger partial charge in [-0.25, -0.2) is 0 Å². The number of aromatic hydroxyl groups is 1. The third kappa shape index (κ3) is 7.90. The molecular formula is C28H34N2O4. The molecule has 34 heavy (non-hydrogen) atoms. The Hall–Kier alpha value is -3.35. The van der Waals surface area contributed by atoms with Crippen molar-refractivity contribution < 1.29 is 19.7 Å². The van der Waals surface area contributed by atoms with Crippen molar-refractivity contribution in [1.82, 2.24) is 10.6 Å². The first-order chi connectivity index (χ1) is 16.2. The standard InChI is InChI=1S/C28H34N2O4/c1-28(2,30-19-26(32)23-9-11-24(31)12-10-23)17-22-6-4-5-21(15-22)16-27(33)29-18-20-7-13-25(34-3)14-8-20/h4-15,26,30-32H,16-19H2,1-3H3,(H,29,33). The summed E-state index contributed by atoms with van der Waals surface area (Å²) in [5.41, 5.74) is 3.60. The quantitative estimate of drug-likeness (QED) is 0.347. The van der Waals surface area contributed by atoms with Crippen LogP contribution in [0.1, 0.15) is 42.2 Å². The molecule has 3 aromatic carbocycles. The van der Waals surface area contributed by atoms with Crippen LogP contribution in [0.4, 0.5) is 0 Å². The van der Waals surface area contributed by atoms with E-state index in [9.17, 15) is 15.0 Å². The number of aliphatic hydroxyl groups is 1. The molecule has 6 heteroatoms. The van der Waals surface area contributed by atoms with E-state index >= 15 is 0 Å². The summed E-state index contributed by atoms with van der Waals surface area (Å²) in [6.07, 6.45) is 0.397. The Bertz CT molecular complexity index is 1060. The Morgan fingerprint density at radius 1 is 0.971 bits per heavy atom. The first kappa shape index (κ1) is 25.3. The molecule has 4 N–H and O–H groups in total. The molecule has 0 spiro atoms. The highest BCUT2D eigenvalue weighted by molar-refractivity contribution is 5.78. The summed E-state index contributed by atoms with van der Waals surface area (Å²) in [6, 6.07) is 22.3. The van der Waals surface area contributed by atoms with E-state index in [1.807, 2.05) is 36.4 Å². The summed E-state index contributed by atoms with van der Waals surface area (Å²) in [5, 5.41) is 26.3. The molecule has 1 unspecified atom stereocenters. The largest absolute Gasteiger partial charge is 0.508 e. The van der Waals surface area contributed by atoms with Gasteiger partial charge < -0.3 is 25.6 Å². The first-order valence-electron chi connectivity index (χ1n) is 11.4. The third-order valence-electron chi connectivity index (χ3n) is 5.70. The van der Waals surface area contributed by atoms with Gasteiger partial charge in [0.15, 0.2) is 0 Å². The van der Waals surface area contributed by atoms with Gasteiger partial charge in [-0.05, 0) is 66.8 Å². The van der Waals surface area contributed by atoms with E-state index in [1.165, 1.54) is 0 Å². The van der Waals surface area contributed by atoms with Crippen molar-refractivity contribution in [2.24, 2.45) is 0 Å². The van der Waals surface area contributed by atoms with Gasteiger partial charge in [0.05, 0.1) is 19.6 Å². The van der Waals surface area contributed by atoms with E-state index in [-0.39, 0.29) is 17.2 Å². The van der Waals surface area contributed by atoms with E-state index in [0.717, 1.165) is 34.4 Å². The molecule has 1 amide bonds. The first-order valence-corrected chi connectivity index (χ1v) is 11.4. The number of benzene rings is 3. The molecule has 1 atom stereocenters. The van der Waals surface area contributed by atoms with Crippen LogP contribution in [0, 0.1) is 0 Å². The highest BCUT2D eigenvalue weighted by Gasteiger charge is 2.20. The van der Waals surface area contributed by atoms with Gasteiger partial charge in [0.2, 0.25) is 5.91 Å². The molecule has 180 valence electrons. The minimum atomic E-state index is -0.666. The Morgan fingerprint density at radius 3 is 2.32 bits per heavy atom. The summed E-state index contributed by atoms with van der Waals surface area (Å²) < 4.78 is 5.16. The minimum absolute atomic E-state index is 0.0256. The van der Waals surface area contributed by atoms with Gasteiger partial charge in [0, 0.05) is 18.6 Å². The molecule has 0 aliphatic carbocycles. The van der Waals surface area contributed by atoms with Crippen LogP contribution in [0.25, 0.3) is 0 Å². The van der Waals surface area contributed by atoms with E-state index in [2.05, 4.69) is 36.6 Å². The number of rotatable bonds is 11. The van der Waals surface area contributed by atoms with Gasteiger partial charge in [-0.15, -0.1) is 0 Å². The average molecular weight is 463 g/mol. The molecule has 0 aliphatic rings. The number of amides is 1. The smallest absolute Gasteiger partial charge is 0.224 e. The number of methoxy groups -OCH3 is 1. The molecule has 0 aliphatic heterocycles. The average Bonchev–Trinajstić information content (AvgIpc) is 2.82. The number of aliphatic hydroxyl groups excluding tert-OH is 1. The Kier molecular flexibility index (Phi) is 8.68. The minimum Gasteiger partial charge on any atom is -0.508 e. The fourth-order valence-electron chi connectivity index (χ4n) is 3.80. The zero-order valence-corrected chi connectivity index (χ0v) is 20.0. The Labute approximate surface area is 201 Å². The van der Waals surface area contributed by atoms with Crippen LogP contribution in [0.3, 0.4) is 0 Å². The topological polar surface area (TPSA) is 90.8 Å². The molecule has 0 saturated heterocycles. The van der Waals surface area contributed by atoms with Crippen molar-refractivity contribution in [1.29, 1.82) is 0 Å². The van der Waals surface area contributed by atoms with Crippen LogP contribution >= 0.6 is 0 Å². The number of β-amino-alcohol motifs (C(OH)–C–C–N with tert-alkyl or cyclic N) is 1. The number of phenols is 1. The number of nitrogens with one attached hydrogen (secondary N) is 2. The molecule has 3 rings (SSSR count). The van der Waals surface area contributed by atoms with Crippen LogP contribution in [0.15, 0.2) is 72.8 Å².